The molecule has 100 valence electrons. The van der Waals surface area contributed by atoms with Crippen LogP contribution in [0.15, 0.2) is 34.8 Å². The van der Waals surface area contributed by atoms with Crippen molar-refractivity contribution in [3.63, 3.8) is 0 Å². The highest BCUT2D eigenvalue weighted by Gasteiger charge is 2.10. The molecule has 0 heterocycles. The van der Waals surface area contributed by atoms with Crippen LogP contribution in [0.1, 0.15) is 5.56 Å². The van der Waals surface area contributed by atoms with Gasteiger partial charge in [0.05, 0.1) is 5.69 Å². The molecule has 0 saturated heterocycles. The van der Waals surface area contributed by atoms with Crippen molar-refractivity contribution in [3.05, 3.63) is 57.8 Å². The lowest BCUT2D eigenvalue weighted by Gasteiger charge is -2.09. The molecule has 0 aliphatic rings. The molecule has 0 radical (unpaired) electrons. The molecular formula is C13H9BrF3NO. The third-order valence-corrected chi connectivity index (χ3v) is 2.94. The Bertz CT molecular complexity index is 619. The van der Waals surface area contributed by atoms with Crippen LogP contribution in [0.3, 0.4) is 0 Å². The summed E-state index contributed by atoms with van der Waals surface area (Å²) in [5, 5.41) is 0. The first-order chi connectivity index (χ1) is 8.97. The Morgan fingerprint density at radius 1 is 1.00 bits per heavy atom. The van der Waals surface area contributed by atoms with E-state index >= 15 is 0 Å². The molecule has 0 aliphatic heterocycles. The van der Waals surface area contributed by atoms with Crippen molar-refractivity contribution in [1.82, 2.24) is 0 Å². The van der Waals surface area contributed by atoms with Gasteiger partial charge >= 0.3 is 0 Å². The highest BCUT2D eigenvalue weighted by atomic mass is 79.9. The Labute approximate surface area is 116 Å². The van der Waals surface area contributed by atoms with Crippen LogP contribution in [0, 0.1) is 17.5 Å². The summed E-state index contributed by atoms with van der Waals surface area (Å²) >= 11 is 3.12. The number of benzene rings is 2. The maximum Gasteiger partial charge on any atom is 0.167 e. The zero-order valence-electron chi connectivity index (χ0n) is 9.59. The van der Waals surface area contributed by atoms with Crippen LogP contribution in [0.25, 0.3) is 0 Å². The van der Waals surface area contributed by atoms with Gasteiger partial charge < -0.3 is 10.5 Å². The number of halogens is 4. The van der Waals surface area contributed by atoms with Gasteiger partial charge in [-0.25, -0.2) is 13.2 Å². The minimum Gasteiger partial charge on any atom is -0.486 e. The molecule has 0 atom stereocenters. The number of ether oxygens (including phenoxy) is 1. The number of hydrogen-bond acceptors (Lipinski definition) is 2. The Morgan fingerprint density at radius 2 is 1.74 bits per heavy atom. The van der Waals surface area contributed by atoms with Gasteiger partial charge in [-0.3, -0.25) is 0 Å². The Morgan fingerprint density at radius 3 is 2.42 bits per heavy atom. The predicted molar refractivity (Wildman–Crippen MR) is 69.2 cm³/mol. The van der Waals surface area contributed by atoms with Gasteiger partial charge in [-0.2, -0.15) is 0 Å². The zero-order valence-corrected chi connectivity index (χ0v) is 11.2. The second kappa shape index (κ2) is 5.52. The predicted octanol–water partition coefficient (Wildman–Crippen LogP) is 4.03. The van der Waals surface area contributed by atoms with Gasteiger partial charge in [0.25, 0.3) is 0 Å². The van der Waals surface area contributed by atoms with Gasteiger partial charge in [-0.15, -0.1) is 0 Å². The van der Waals surface area contributed by atoms with Crippen LogP contribution in [0.4, 0.5) is 18.9 Å². The molecule has 2 rings (SSSR count). The van der Waals surface area contributed by atoms with Crippen molar-refractivity contribution in [2.24, 2.45) is 0 Å². The Balaban J connectivity index is 2.16. The summed E-state index contributed by atoms with van der Waals surface area (Å²) in [6.45, 7) is -0.209. The lowest BCUT2D eigenvalue weighted by molar-refractivity contribution is 0.283. The fourth-order valence-electron chi connectivity index (χ4n) is 1.45. The molecule has 0 fully saturated rings. The summed E-state index contributed by atoms with van der Waals surface area (Å²) in [7, 11) is 0. The van der Waals surface area contributed by atoms with Crippen molar-refractivity contribution < 1.29 is 17.9 Å². The first-order valence-corrected chi connectivity index (χ1v) is 6.08. The third-order valence-electron chi connectivity index (χ3n) is 2.45. The van der Waals surface area contributed by atoms with Crippen LogP contribution in [-0.4, -0.2) is 0 Å². The standard InChI is InChI=1S/C13H9BrF3NO/c14-8-2-1-7(9(15)3-8)6-19-13-5-10(16)12(18)4-11(13)17/h1-5H,6,18H2. The number of nitrogens with two attached hydrogens (primary N) is 1. The van der Waals surface area contributed by atoms with Gasteiger partial charge in [0.15, 0.2) is 11.6 Å². The summed E-state index contributed by atoms with van der Waals surface area (Å²) < 4.78 is 45.7. The van der Waals surface area contributed by atoms with E-state index in [-0.39, 0.29) is 23.6 Å². The minimum atomic E-state index is -0.795. The van der Waals surface area contributed by atoms with E-state index in [4.69, 9.17) is 10.5 Å². The lowest BCUT2D eigenvalue weighted by Crippen LogP contribution is -2.02. The Kier molecular flexibility index (Phi) is 3.99. The number of nitrogen functional groups attached to an aromatic ring is 1. The maximum absolute atomic E-state index is 13.5. The van der Waals surface area contributed by atoms with E-state index in [1.165, 1.54) is 12.1 Å². The molecule has 0 spiro atoms. The van der Waals surface area contributed by atoms with Gasteiger partial charge in [0.2, 0.25) is 0 Å². The van der Waals surface area contributed by atoms with Gasteiger partial charge in [0, 0.05) is 22.2 Å². The SMILES string of the molecule is Nc1cc(F)c(OCc2ccc(Br)cc2F)cc1F. The monoisotopic (exact) mass is 331 g/mol. The fourth-order valence-corrected chi connectivity index (χ4v) is 1.78. The van der Waals surface area contributed by atoms with Crippen molar-refractivity contribution in [1.29, 1.82) is 0 Å². The minimum absolute atomic E-state index is 0.209. The summed E-state index contributed by atoms with van der Waals surface area (Å²) in [4.78, 5) is 0. The molecular weight excluding hydrogens is 323 g/mol. The Hall–Kier alpha value is -1.69. The maximum atomic E-state index is 13.5. The van der Waals surface area contributed by atoms with Crippen LogP contribution in [-0.2, 0) is 6.61 Å². The van der Waals surface area contributed by atoms with E-state index < -0.39 is 17.5 Å². The first-order valence-electron chi connectivity index (χ1n) is 5.28. The molecule has 0 amide bonds. The van der Waals surface area contributed by atoms with Gasteiger partial charge in [-0.1, -0.05) is 22.0 Å². The summed E-state index contributed by atoms with van der Waals surface area (Å²) in [5.41, 5.74) is 5.13. The molecule has 0 aliphatic carbocycles. The molecule has 2 N–H and O–H groups in total. The third kappa shape index (κ3) is 3.20. The van der Waals surface area contributed by atoms with Crippen LogP contribution < -0.4 is 10.5 Å². The highest BCUT2D eigenvalue weighted by molar-refractivity contribution is 9.10. The smallest absolute Gasteiger partial charge is 0.167 e. The van der Waals surface area contributed by atoms with Crippen molar-refractivity contribution >= 4 is 21.6 Å². The van der Waals surface area contributed by atoms with Gasteiger partial charge in [-0.05, 0) is 12.1 Å². The molecule has 0 unspecified atom stereocenters. The second-order valence-electron chi connectivity index (χ2n) is 3.83. The molecule has 0 aromatic heterocycles. The molecule has 0 saturated carbocycles. The quantitative estimate of drug-likeness (QED) is 0.862. The highest BCUT2D eigenvalue weighted by Crippen LogP contribution is 2.24. The largest absolute Gasteiger partial charge is 0.486 e. The molecule has 2 nitrogen and oxygen atoms in total. The fraction of sp³-hybridized carbons (Fsp3) is 0.0769. The summed E-state index contributed by atoms with van der Waals surface area (Å²) in [6, 6.07) is 6.04. The summed E-state index contributed by atoms with van der Waals surface area (Å²) in [6.07, 6.45) is 0. The van der Waals surface area contributed by atoms with Gasteiger partial charge in [0.1, 0.15) is 18.2 Å². The van der Waals surface area contributed by atoms with Crippen LogP contribution >= 0.6 is 15.9 Å². The molecule has 19 heavy (non-hydrogen) atoms. The van der Waals surface area contributed by atoms with E-state index in [0.29, 0.717) is 4.47 Å². The number of anilines is 1. The molecule has 6 heteroatoms. The van der Waals surface area contributed by atoms with E-state index in [2.05, 4.69) is 15.9 Å². The normalized spacial score (nSPS) is 10.5. The van der Waals surface area contributed by atoms with E-state index in [0.717, 1.165) is 12.1 Å². The molecule has 2 aromatic carbocycles. The van der Waals surface area contributed by atoms with Crippen molar-refractivity contribution in [2.75, 3.05) is 5.73 Å². The van der Waals surface area contributed by atoms with E-state index in [9.17, 15) is 13.2 Å². The van der Waals surface area contributed by atoms with Crippen molar-refractivity contribution in [2.45, 2.75) is 6.61 Å². The number of hydrogen-bond donors (Lipinski definition) is 1. The second-order valence-corrected chi connectivity index (χ2v) is 4.74. The average molecular weight is 332 g/mol. The summed E-state index contributed by atoms with van der Waals surface area (Å²) in [5.74, 6) is -2.39. The number of rotatable bonds is 3. The topological polar surface area (TPSA) is 35.2 Å². The average Bonchev–Trinajstić information content (AvgIpc) is 2.34. The van der Waals surface area contributed by atoms with Crippen LogP contribution in [0.2, 0.25) is 0 Å². The van der Waals surface area contributed by atoms with E-state index in [1.807, 2.05) is 0 Å². The molecule has 0 bridgehead atoms. The zero-order chi connectivity index (χ0) is 14.0. The van der Waals surface area contributed by atoms with Crippen molar-refractivity contribution in [3.8, 4) is 5.75 Å². The lowest BCUT2D eigenvalue weighted by atomic mass is 10.2. The van der Waals surface area contributed by atoms with E-state index in [1.54, 1.807) is 6.07 Å². The van der Waals surface area contributed by atoms with Crippen LogP contribution in [0.5, 0.6) is 5.75 Å². The molecule has 2 aromatic rings. The first kappa shape index (κ1) is 13.7.